The van der Waals surface area contributed by atoms with Crippen LogP contribution in [-0.2, 0) is 9.59 Å². The molecule has 3 aromatic carbocycles. The normalized spacial score (nSPS) is 15.0. The van der Waals surface area contributed by atoms with Crippen molar-refractivity contribution >= 4 is 62.7 Å². The van der Waals surface area contributed by atoms with Gasteiger partial charge in [0, 0.05) is 11.1 Å². The van der Waals surface area contributed by atoms with Gasteiger partial charge in [-0.3, -0.25) is 14.5 Å². The minimum atomic E-state index is -0.296. The number of carbonyl (C=O) groups is 2. The lowest BCUT2D eigenvalue weighted by Gasteiger charge is -2.15. The summed E-state index contributed by atoms with van der Waals surface area (Å²) in [5, 5.41) is 4.88. The van der Waals surface area contributed by atoms with Crippen LogP contribution in [0.2, 0.25) is 0 Å². The molecule has 5 nitrogen and oxygen atoms in total. The first kappa shape index (κ1) is 21.1. The van der Waals surface area contributed by atoms with E-state index in [-0.39, 0.29) is 18.4 Å². The Morgan fingerprint density at radius 3 is 2.61 bits per heavy atom. The van der Waals surface area contributed by atoms with E-state index < -0.39 is 0 Å². The zero-order chi connectivity index (χ0) is 21.8. The van der Waals surface area contributed by atoms with Crippen molar-refractivity contribution in [2.45, 2.75) is 6.92 Å². The molecule has 0 bridgehead atoms. The van der Waals surface area contributed by atoms with Gasteiger partial charge in [0.05, 0.1) is 11.5 Å². The van der Waals surface area contributed by atoms with Crippen molar-refractivity contribution in [1.29, 1.82) is 0 Å². The average Bonchev–Trinajstić information content (AvgIpc) is 3.03. The number of hydrogen-bond acceptors (Lipinski definition) is 5. The van der Waals surface area contributed by atoms with Gasteiger partial charge in [0.1, 0.15) is 16.6 Å². The molecule has 1 N–H and O–H groups in total. The molecule has 0 atom stereocenters. The number of nitrogens with one attached hydrogen (secondary N) is 1. The van der Waals surface area contributed by atoms with Crippen LogP contribution in [0.3, 0.4) is 0 Å². The number of benzene rings is 3. The molecule has 0 radical (unpaired) electrons. The van der Waals surface area contributed by atoms with Crippen LogP contribution in [0.1, 0.15) is 12.5 Å². The summed E-state index contributed by atoms with van der Waals surface area (Å²) in [5.74, 6) is 0.212. The van der Waals surface area contributed by atoms with E-state index in [4.69, 9.17) is 17.0 Å². The molecule has 0 spiro atoms. The minimum Gasteiger partial charge on any atom is -0.494 e. The van der Waals surface area contributed by atoms with Gasteiger partial charge < -0.3 is 10.1 Å². The summed E-state index contributed by atoms with van der Waals surface area (Å²) in [6.07, 6.45) is 1.78. The number of anilines is 1. The molecule has 156 valence electrons. The van der Waals surface area contributed by atoms with Gasteiger partial charge in [-0.15, -0.1) is 0 Å². The average molecular weight is 449 g/mol. The third kappa shape index (κ3) is 4.78. The lowest BCUT2D eigenvalue weighted by atomic mass is 10.1. The van der Waals surface area contributed by atoms with E-state index in [9.17, 15) is 9.59 Å². The highest BCUT2D eigenvalue weighted by atomic mass is 32.2. The van der Waals surface area contributed by atoms with E-state index in [1.54, 1.807) is 6.08 Å². The fourth-order valence-corrected chi connectivity index (χ4v) is 4.54. The van der Waals surface area contributed by atoms with Crippen molar-refractivity contribution in [3.8, 4) is 5.75 Å². The van der Waals surface area contributed by atoms with Crippen molar-refractivity contribution in [1.82, 2.24) is 4.90 Å². The Balaban J connectivity index is 1.45. The molecule has 0 saturated carbocycles. The number of ether oxygens (including phenoxy) is 1. The Kier molecular flexibility index (Phi) is 6.34. The maximum Gasteiger partial charge on any atom is 0.266 e. The van der Waals surface area contributed by atoms with Crippen molar-refractivity contribution in [2.75, 3.05) is 18.5 Å². The number of thiocarbonyl (C=S) groups is 1. The quantitative estimate of drug-likeness (QED) is 0.421. The molecule has 0 aromatic heterocycles. The number of hydrogen-bond donors (Lipinski definition) is 1. The monoisotopic (exact) mass is 448 g/mol. The number of amides is 2. The summed E-state index contributed by atoms with van der Waals surface area (Å²) in [6, 6.07) is 21.0. The molecule has 1 heterocycles. The van der Waals surface area contributed by atoms with Crippen molar-refractivity contribution in [3.63, 3.8) is 0 Å². The number of thioether (sulfide) groups is 1. The Morgan fingerprint density at radius 2 is 1.84 bits per heavy atom. The fraction of sp³-hybridized carbons (Fsp3) is 0.125. The Labute approximate surface area is 190 Å². The van der Waals surface area contributed by atoms with E-state index in [2.05, 4.69) is 5.32 Å². The summed E-state index contributed by atoms with van der Waals surface area (Å²) < 4.78 is 5.81. The third-order valence-corrected chi connectivity index (χ3v) is 6.11. The molecule has 1 saturated heterocycles. The van der Waals surface area contributed by atoms with Gasteiger partial charge in [-0.1, -0.05) is 72.5 Å². The van der Waals surface area contributed by atoms with E-state index >= 15 is 0 Å². The van der Waals surface area contributed by atoms with E-state index in [0.29, 0.717) is 21.5 Å². The highest BCUT2D eigenvalue weighted by Crippen LogP contribution is 2.33. The zero-order valence-corrected chi connectivity index (χ0v) is 18.5. The molecule has 2 amide bonds. The summed E-state index contributed by atoms with van der Waals surface area (Å²) in [5.41, 5.74) is 1.57. The molecule has 0 unspecified atom stereocenters. The maximum atomic E-state index is 12.8. The van der Waals surface area contributed by atoms with Crippen LogP contribution in [0.15, 0.2) is 71.6 Å². The standard InChI is InChI=1S/C24H20N2O3S2/c1-2-29-18-12-10-16(11-13-18)14-21-23(28)26(24(30)31-21)15-22(27)25-20-9-5-7-17-6-3-4-8-19(17)20/h3-14H,2,15H2,1H3,(H,25,27)/b21-14-. The second-order valence-corrected chi connectivity index (χ2v) is 8.52. The Bertz CT molecular complexity index is 1180. The molecule has 31 heavy (non-hydrogen) atoms. The maximum absolute atomic E-state index is 12.8. The van der Waals surface area contributed by atoms with Crippen LogP contribution in [-0.4, -0.2) is 34.2 Å². The first-order valence-electron chi connectivity index (χ1n) is 9.81. The van der Waals surface area contributed by atoms with Crippen LogP contribution in [0.4, 0.5) is 5.69 Å². The summed E-state index contributed by atoms with van der Waals surface area (Å²) in [7, 11) is 0. The van der Waals surface area contributed by atoms with Gasteiger partial charge in [0.2, 0.25) is 5.91 Å². The SMILES string of the molecule is CCOc1ccc(/C=C2\SC(=S)N(CC(=O)Nc3cccc4ccccc34)C2=O)cc1. The Morgan fingerprint density at radius 1 is 1.10 bits per heavy atom. The zero-order valence-electron chi connectivity index (χ0n) is 16.8. The highest BCUT2D eigenvalue weighted by Gasteiger charge is 2.33. The Hall–Kier alpha value is -3.16. The molecule has 4 rings (SSSR count). The first-order valence-corrected chi connectivity index (χ1v) is 11.0. The molecule has 1 aliphatic heterocycles. The predicted molar refractivity (Wildman–Crippen MR) is 130 cm³/mol. The minimum absolute atomic E-state index is 0.130. The van der Waals surface area contributed by atoms with E-state index in [1.165, 1.54) is 16.7 Å². The van der Waals surface area contributed by atoms with Gasteiger partial charge in [-0.05, 0) is 42.1 Å². The molecule has 1 aliphatic rings. The second-order valence-electron chi connectivity index (χ2n) is 6.84. The fourth-order valence-electron chi connectivity index (χ4n) is 3.28. The largest absolute Gasteiger partial charge is 0.494 e. The predicted octanol–water partition coefficient (Wildman–Crippen LogP) is 5.08. The molecule has 3 aromatic rings. The summed E-state index contributed by atoms with van der Waals surface area (Å²) in [4.78, 5) is 27.3. The van der Waals surface area contributed by atoms with Gasteiger partial charge >= 0.3 is 0 Å². The highest BCUT2D eigenvalue weighted by molar-refractivity contribution is 8.26. The lowest BCUT2D eigenvalue weighted by Crippen LogP contribution is -2.36. The van der Waals surface area contributed by atoms with Gasteiger partial charge in [0.15, 0.2) is 0 Å². The van der Waals surface area contributed by atoms with Crippen molar-refractivity contribution < 1.29 is 14.3 Å². The van der Waals surface area contributed by atoms with Crippen molar-refractivity contribution in [3.05, 3.63) is 77.2 Å². The summed E-state index contributed by atoms with van der Waals surface area (Å²) in [6.45, 7) is 2.39. The third-order valence-electron chi connectivity index (χ3n) is 4.73. The van der Waals surface area contributed by atoms with Crippen LogP contribution in [0.5, 0.6) is 5.75 Å². The second kappa shape index (κ2) is 9.32. The van der Waals surface area contributed by atoms with Gasteiger partial charge in [-0.25, -0.2) is 0 Å². The smallest absolute Gasteiger partial charge is 0.266 e. The van der Waals surface area contributed by atoms with E-state index in [0.717, 1.165) is 22.1 Å². The molecule has 1 fully saturated rings. The van der Waals surface area contributed by atoms with Gasteiger partial charge in [0.25, 0.3) is 5.91 Å². The molecular weight excluding hydrogens is 428 g/mol. The van der Waals surface area contributed by atoms with Crippen LogP contribution < -0.4 is 10.1 Å². The lowest BCUT2D eigenvalue weighted by molar-refractivity contribution is -0.126. The topological polar surface area (TPSA) is 58.6 Å². The number of nitrogens with zero attached hydrogens (tertiary/aromatic N) is 1. The van der Waals surface area contributed by atoms with Crippen molar-refractivity contribution in [2.24, 2.45) is 0 Å². The van der Waals surface area contributed by atoms with Crippen LogP contribution in [0, 0.1) is 0 Å². The molecule has 0 aliphatic carbocycles. The number of carbonyl (C=O) groups excluding carboxylic acids is 2. The molecule has 7 heteroatoms. The number of rotatable bonds is 6. The van der Waals surface area contributed by atoms with E-state index in [1.807, 2.05) is 73.7 Å². The summed E-state index contributed by atoms with van der Waals surface area (Å²) >= 11 is 6.55. The van der Waals surface area contributed by atoms with Crippen LogP contribution >= 0.6 is 24.0 Å². The number of fused-ring (bicyclic) bond motifs is 1. The first-order chi connectivity index (χ1) is 15.0. The molecular formula is C24H20N2O3S2. The van der Waals surface area contributed by atoms with Gasteiger partial charge in [-0.2, -0.15) is 0 Å². The van der Waals surface area contributed by atoms with Crippen LogP contribution in [0.25, 0.3) is 16.8 Å².